The Kier molecular flexibility index (Phi) is 3.06. The number of carbonyl (C=O) groups is 1. The Hall–Kier alpha value is -1.75. The van der Waals surface area contributed by atoms with Crippen molar-refractivity contribution in [3.05, 3.63) is 40.8 Å². The molecule has 1 aromatic heterocycles. The van der Waals surface area contributed by atoms with Crippen molar-refractivity contribution >= 4 is 17.3 Å². The van der Waals surface area contributed by atoms with Crippen LogP contribution in [0.15, 0.2) is 24.3 Å². The Bertz CT molecular complexity index is 634. The summed E-state index contributed by atoms with van der Waals surface area (Å²) >= 11 is 1.42. The molecule has 1 aliphatic rings. The normalized spacial score (nSPS) is 14.6. The first-order valence-electron chi connectivity index (χ1n) is 6.11. The Morgan fingerprint density at radius 2 is 2.16 bits per heavy atom. The van der Waals surface area contributed by atoms with E-state index < -0.39 is 5.97 Å². The molecular formula is C14H12FNO2S. The third-order valence-electron chi connectivity index (χ3n) is 3.08. The summed E-state index contributed by atoms with van der Waals surface area (Å²) in [5.74, 6) is -0.830. The Balaban J connectivity index is 2.07. The van der Waals surface area contributed by atoms with E-state index in [1.54, 1.807) is 18.2 Å². The summed E-state index contributed by atoms with van der Waals surface area (Å²) in [5.41, 5.74) is 0.924. The smallest absolute Gasteiger partial charge is 0.309 e. The van der Waals surface area contributed by atoms with E-state index in [1.165, 1.54) is 17.4 Å². The summed E-state index contributed by atoms with van der Waals surface area (Å²) < 4.78 is 13.9. The molecule has 0 aliphatic heterocycles. The average molecular weight is 277 g/mol. The second kappa shape index (κ2) is 4.74. The molecule has 0 radical (unpaired) electrons. The van der Waals surface area contributed by atoms with Gasteiger partial charge in [0.15, 0.2) is 0 Å². The molecule has 5 heteroatoms. The highest BCUT2D eigenvalue weighted by Gasteiger charge is 2.29. The lowest BCUT2D eigenvalue weighted by atomic mass is 10.1. The molecule has 19 heavy (non-hydrogen) atoms. The SMILES string of the molecule is O=C(O)Cc1nc(C2CC2)sc1-c1ccccc1F. The van der Waals surface area contributed by atoms with Crippen LogP contribution in [-0.2, 0) is 11.2 Å². The van der Waals surface area contributed by atoms with E-state index in [9.17, 15) is 9.18 Å². The zero-order chi connectivity index (χ0) is 13.4. The van der Waals surface area contributed by atoms with Gasteiger partial charge in [0.25, 0.3) is 0 Å². The monoisotopic (exact) mass is 277 g/mol. The van der Waals surface area contributed by atoms with Gasteiger partial charge in [0, 0.05) is 11.5 Å². The number of halogens is 1. The first kappa shape index (κ1) is 12.3. The number of aliphatic carboxylic acids is 1. The van der Waals surface area contributed by atoms with Crippen molar-refractivity contribution in [3.63, 3.8) is 0 Å². The second-order valence-electron chi connectivity index (χ2n) is 4.65. The highest BCUT2D eigenvalue weighted by atomic mass is 32.1. The number of carboxylic acids is 1. The van der Waals surface area contributed by atoms with Gasteiger partial charge in [0.2, 0.25) is 0 Å². The van der Waals surface area contributed by atoms with Gasteiger partial charge in [-0.3, -0.25) is 4.79 Å². The van der Waals surface area contributed by atoms with Crippen LogP contribution in [0.4, 0.5) is 4.39 Å². The fourth-order valence-corrected chi connectivity index (χ4v) is 3.27. The minimum Gasteiger partial charge on any atom is -0.481 e. The van der Waals surface area contributed by atoms with Crippen LogP contribution < -0.4 is 0 Å². The van der Waals surface area contributed by atoms with Crippen LogP contribution in [0.3, 0.4) is 0 Å². The van der Waals surface area contributed by atoms with Gasteiger partial charge < -0.3 is 5.11 Å². The summed E-state index contributed by atoms with van der Waals surface area (Å²) in [6, 6.07) is 6.43. The predicted molar refractivity (Wildman–Crippen MR) is 70.8 cm³/mol. The molecule has 1 heterocycles. The van der Waals surface area contributed by atoms with Crippen molar-refractivity contribution in [2.45, 2.75) is 25.2 Å². The zero-order valence-electron chi connectivity index (χ0n) is 10.1. The molecule has 3 rings (SSSR count). The third kappa shape index (κ3) is 2.51. The molecular weight excluding hydrogens is 265 g/mol. The molecule has 1 aromatic carbocycles. The van der Waals surface area contributed by atoms with E-state index in [2.05, 4.69) is 4.98 Å². The van der Waals surface area contributed by atoms with Gasteiger partial charge in [-0.05, 0) is 18.9 Å². The molecule has 0 unspecified atom stereocenters. The maximum atomic E-state index is 13.9. The number of carboxylic acid groups (broad SMARTS) is 1. The first-order valence-corrected chi connectivity index (χ1v) is 6.93. The van der Waals surface area contributed by atoms with Crippen LogP contribution in [0, 0.1) is 5.82 Å². The molecule has 1 N–H and O–H groups in total. The van der Waals surface area contributed by atoms with Crippen LogP contribution in [0.1, 0.15) is 29.5 Å². The minimum atomic E-state index is -0.940. The number of rotatable bonds is 4. The van der Waals surface area contributed by atoms with E-state index >= 15 is 0 Å². The van der Waals surface area contributed by atoms with Crippen LogP contribution in [0.25, 0.3) is 10.4 Å². The molecule has 98 valence electrons. The topological polar surface area (TPSA) is 50.2 Å². The van der Waals surface area contributed by atoms with Crippen LogP contribution >= 0.6 is 11.3 Å². The van der Waals surface area contributed by atoms with Crippen molar-refractivity contribution < 1.29 is 14.3 Å². The fourth-order valence-electron chi connectivity index (χ4n) is 1.99. The maximum Gasteiger partial charge on any atom is 0.309 e. The van der Waals surface area contributed by atoms with Gasteiger partial charge in [0.1, 0.15) is 5.82 Å². The maximum absolute atomic E-state index is 13.9. The van der Waals surface area contributed by atoms with Gasteiger partial charge in [-0.2, -0.15) is 0 Å². The molecule has 1 fully saturated rings. The average Bonchev–Trinajstić information content (AvgIpc) is 3.13. The number of thiazole rings is 1. The highest BCUT2D eigenvalue weighted by Crippen LogP contribution is 2.45. The molecule has 0 amide bonds. The largest absolute Gasteiger partial charge is 0.481 e. The van der Waals surface area contributed by atoms with Crippen molar-refractivity contribution in [3.8, 4) is 10.4 Å². The van der Waals surface area contributed by atoms with Crippen LogP contribution in [0.2, 0.25) is 0 Å². The van der Waals surface area contributed by atoms with Crippen molar-refractivity contribution in [2.75, 3.05) is 0 Å². The zero-order valence-corrected chi connectivity index (χ0v) is 10.9. The molecule has 0 bridgehead atoms. The molecule has 0 atom stereocenters. The van der Waals surface area contributed by atoms with Gasteiger partial charge >= 0.3 is 5.97 Å². The van der Waals surface area contributed by atoms with Gasteiger partial charge in [-0.1, -0.05) is 18.2 Å². The lowest BCUT2D eigenvalue weighted by Gasteiger charge is -2.01. The van der Waals surface area contributed by atoms with E-state index in [4.69, 9.17) is 5.11 Å². The summed E-state index contributed by atoms with van der Waals surface area (Å²) in [7, 11) is 0. The van der Waals surface area contributed by atoms with Crippen molar-refractivity contribution in [2.24, 2.45) is 0 Å². The molecule has 2 aromatic rings. The minimum absolute atomic E-state index is 0.160. The third-order valence-corrected chi connectivity index (χ3v) is 4.37. The Morgan fingerprint density at radius 3 is 2.79 bits per heavy atom. The van der Waals surface area contributed by atoms with Crippen LogP contribution in [0.5, 0.6) is 0 Å². The summed E-state index contributed by atoms with van der Waals surface area (Å²) in [6.07, 6.45) is 2.03. The molecule has 0 spiro atoms. The first-order chi connectivity index (χ1) is 9.15. The van der Waals surface area contributed by atoms with E-state index in [0.717, 1.165) is 17.8 Å². The number of benzene rings is 1. The lowest BCUT2D eigenvalue weighted by molar-refractivity contribution is -0.136. The Labute approximate surface area is 113 Å². The quantitative estimate of drug-likeness (QED) is 0.931. The molecule has 0 saturated heterocycles. The van der Waals surface area contributed by atoms with Gasteiger partial charge in [-0.15, -0.1) is 11.3 Å². The van der Waals surface area contributed by atoms with Gasteiger partial charge in [0.05, 0.1) is 22.0 Å². The standard InChI is InChI=1S/C14H12FNO2S/c15-10-4-2-1-3-9(10)13-11(7-12(17)18)16-14(19-13)8-5-6-8/h1-4,8H,5-7H2,(H,17,18). The molecule has 1 saturated carbocycles. The van der Waals surface area contributed by atoms with Crippen molar-refractivity contribution in [1.82, 2.24) is 4.98 Å². The second-order valence-corrected chi connectivity index (χ2v) is 5.68. The number of aromatic nitrogens is 1. The van der Waals surface area contributed by atoms with Gasteiger partial charge in [-0.25, -0.2) is 9.37 Å². The van der Waals surface area contributed by atoms with E-state index in [-0.39, 0.29) is 12.2 Å². The summed E-state index contributed by atoms with van der Waals surface area (Å²) in [4.78, 5) is 16.0. The predicted octanol–water partition coefficient (Wildman–Crippen LogP) is 3.45. The van der Waals surface area contributed by atoms with E-state index in [1.807, 2.05) is 0 Å². The van der Waals surface area contributed by atoms with E-state index in [0.29, 0.717) is 22.1 Å². The molecule has 3 nitrogen and oxygen atoms in total. The molecule has 1 aliphatic carbocycles. The number of hydrogen-bond donors (Lipinski definition) is 1. The summed E-state index contributed by atoms with van der Waals surface area (Å²) in [6.45, 7) is 0. The Morgan fingerprint density at radius 1 is 1.42 bits per heavy atom. The number of nitrogens with zero attached hydrogens (tertiary/aromatic N) is 1. The van der Waals surface area contributed by atoms with Crippen molar-refractivity contribution in [1.29, 1.82) is 0 Å². The van der Waals surface area contributed by atoms with Crippen LogP contribution in [-0.4, -0.2) is 16.1 Å². The lowest BCUT2D eigenvalue weighted by Crippen LogP contribution is -2.02. The number of hydrogen-bond acceptors (Lipinski definition) is 3. The highest BCUT2D eigenvalue weighted by molar-refractivity contribution is 7.15. The fraction of sp³-hybridized carbons (Fsp3) is 0.286. The summed E-state index contributed by atoms with van der Waals surface area (Å²) in [5, 5.41) is 9.88.